The molecule has 1 aromatic heterocycles. The Labute approximate surface area is 151 Å². The van der Waals surface area contributed by atoms with Gasteiger partial charge < -0.3 is 10.0 Å². The van der Waals surface area contributed by atoms with Crippen molar-refractivity contribution in [2.45, 2.75) is 26.8 Å². The highest BCUT2D eigenvalue weighted by molar-refractivity contribution is 7.17. The Kier molecular flexibility index (Phi) is 5.16. The first-order valence-corrected chi connectivity index (χ1v) is 9.22. The molecule has 0 saturated carbocycles. The minimum absolute atomic E-state index is 0.0298. The molecule has 0 saturated heterocycles. The van der Waals surface area contributed by atoms with Crippen LogP contribution in [0.25, 0.3) is 21.3 Å². The summed E-state index contributed by atoms with van der Waals surface area (Å²) in [6, 6.07) is 14.4. The molecule has 0 aliphatic carbocycles. The van der Waals surface area contributed by atoms with Crippen LogP contribution in [0, 0.1) is 6.92 Å². The molecular weight excluding hydrogens is 332 g/mol. The zero-order chi connectivity index (χ0) is 18.0. The number of carbonyl (C=O) groups is 1. The van der Waals surface area contributed by atoms with Crippen molar-refractivity contribution in [2.75, 3.05) is 13.2 Å². The molecule has 0 aliphatic heterocycles. The van der Waals surface area contributed by atoms with E-state index < -0.39 is 0 Å². The van der Waals surface area contributed by atoms with Crippen LogP contribution < -0.4 is 0 Å². The highest BCUT2D eigenvalue weighted by Crippen LogP contribution is 2.33. The largest absolute Gasteiger partial charge is 0.395 e. The van der Waals surface area contributed by atoms with Gasteiger partial charge in [0.25, 0.3) is 5.91 Å². The van der Waals surface area contributed by atoms with E-state index in [1.807, 2.05) is 45.0 Å². The number of amides is 1. The number of rotatable bonds is 5. The summed E-state index contributed by atoms with van der Waals surface area (Å²) in [5.74, 6) is -0.0643. The zero-order valence-electron chi connectivity index (χ0n) is 14.7. The van der Waals surface area contributed by atoms with Crippen LogP contribution in [0.1, 0.15) is 29.2 Å². The van der Waals surface area contributed by atoms with Crippen LogP contribution in [0.4, 0.5) is 0 Å². The molecule has 0 fully saturated rings. The van der Waals surface area contributed by atoms with Crippen molar-refractivity contribution in [3.05, 3.63) is 53.0 Å². The maximum atomic E-state index is 12.9. The van der Waals surface area contributed by atoms with Gasteiger partial charge in [-0.15, -0.1) is 11.3 Å². The van der Waals surface area contributed by atoms with Crippen LogP contribution in [0.2, 0.25) is 0 Å². The van der Waals surface area contributed by atoms with Crippen LogP contribution >= 0.6 is 11.3 Å². The van der Waals surface area contributed by atoms with Crippen LogP contribution in [0.5, 0.6) is 0 Å². The maximum Gasteiger partial charge on any atom is 0.266 e. The maximum absolute atomic E-state index is 12.9. The summed E-state index contributed by atoms with van der Waals surface area (Å²) in [5.41, 5.74) is 1.78. The van der Waals surface area contributed by atoms with E-state index in [4.69, 9.17) is 0 Å². The average molecular weight is 354 g/mol. The number of aliphatic hydroxyl groups is 1. The third kappa shape index (κ3) is 3.43. The van der Waals surface area contributed by atoms with Crippen molar-refractivity contribution in [2.24, 2.45) is 0 Å². The predicted molar refractivity (Wildman–Crippen MR) is 103 cm³/mol. The number of fused-ring (bicyclic) bond motifs is 1. The van der Waals surface area contributed by atoms with Gasteiger partial charge in [-0.1, -0.05) is 42.5 Å². The molecule has 0 aliphatic rings. The quantitative estimate of drug-likeness (QED) is 0.750. The Balaban J connectivity index is 2.04. The van der Waals surface area contributed by atoms with Crippen LogP contribution in [-0.2, 0) is 0 Å². The molecule has 0 radical (unpaired) electrons. The number of aliphatic hydroxyl groups excluding tert-OH is 1. The Morgan fingerprint density at radius 3 is 2.64 bits per heavy atom. The van der Waals surface area contributed by atoms with Crippen molar-refractivity contribution in [1.82, 2.24) is 9.88 Å². The lowest BCUT2D eigenvalue weighted by molar-refractivity contribution is 0.0669. The molecule has 0 atom stereocenters. The van der Waals surface area contributed by atoms with E-state index in [9.17, 15) is 9.90 Å². The first-order valence-electron chi connectivity index (χ1n) is 8.40. The number of carbonyl (C=O) groups excluding carboxylic acids is 1. The highest BCUT2D eigenvalue weighted by Gasteiger charge is 2.23. The molecule has 3 rings (SSSR count). The predicted octanol–water partition coefficient (Wildman–Crippen LogP) is 4.11. The minimum atomic E-state index is -0.0643. The fourth-order valence-corrected chi connectivity index (χ4v) is 4.02. The second-order valence-corrected chi connectivity index (χ2v) is 7.28. The normalized spacial score (nSPS) is 11.2. The van der Waals surface area contributed by atoms with E-state index in [2.05, 4.69) is 23.2 Å². The van der Waals surface area contributed by atoms with Gasteiger partial charge in [-0.2, -0.15) is 0 Å². The number of nitrogens with zero attached hydrogens (tertiary/aromatic N) is 2. The molecule has 130 valence electrons. The van der Waals surface area contributed by atoms with E-state index in [0.29, 0.717) is 11.4 Å². The number of aromatic nitrogens is 1. The van der Waals surface area contributed by atoms with Gasteiger partial charge in [0, 0.05) is 18.2 Å². The summed E-state index contributed by atoms with van der Waals surface area (Å²) in [6.45, 7) is 6.07. The fourth-order valence-electron chi connectivity index (χ4n) is 2.95. The topological polar surface area (TPSA) is 53.4 Å². The Morgan fingerprint density at radius 1 is 1.20 bits per heavy atom. The minimum Gasteiger partial charge on any atom is -0.395 e. The Bertz CT molecular complexity index is 896. The van der Waals surface area contributed by atoms with Gasteiger partial charge in [-0.05, 0) is 31.5 Å². The van der Waals surface area contributed by atoms with Gasteiger partial charge in [-0.25, -0.2) is 4.98 Å². The number of hydrogen-bond donors (Lipinski definition) is 1. The van der Waals surface area contributed by atoms with Gasteiger partial charge in [0.15, 0.2) is 0 Å². The average Bonchev–Trinajstić information content (AvgIpc) is 3.00. The van der Waals surface area contributed by atoms with E-state index >= 15 is 0 Å². The molecule has 25 heavy (non-hydrogen) atoms. The van der Waals surface area contributed by atoms with E-state index in [0.717, 1.165) is 27.0 Å². The lowest BCUT2D eigenvalue weighted by Crippen LogP contribution is -2.38. The SMILES string of the molecule is Cc1nc(-c2cccc3ccccc23)sc1C(=O)N(CCO)C(C)C. The zero-order valence-corrected chi connectivity index (χ0v) is 15.5. The van der Waals surface area contributed by atoms with E-state index in [1.54, 1.807) is 4.90 Å². The summed E-state index contributed by atoms with van der Waals surface area (Å²) in [6.07, 6.45) is 0. The summed E-state index contributed by atoms with van der Waals surface area (Å²) in [4.78, 5) is 19.9. The monoisotopic (exact) mass is 354 g/mol. The molecule has 4 nitrogen and oxygen atoms in total. The van der Waals surface area contributed by atoms with Crippen molar-refractivity contribution in [1.29, 1.82) is 0 Å². The number of hydrogen-bond acceptors (Lipinski definition) is 4. The molecule has 0 spiro atoms. The number of thiazole rings is 1. The van der Waals surface area contributed by atoms with Crippen molar-refractivity contribution in [3.63, 3.8) is 0 Å². The van der Waals surface area contributed by atoms with Gasteiger partial charge in [0.05, 0.1) is 12.3 Å². The molecule has 2 aromatic carbocycles. The summed E-state index contributed by atoms with van der Waals surface area (Å²) in [5, 5.41) is 12.4. The number of benzene rings is 2. The molecule has 1 heterocycles. The summed E-state index contributed by atoms with van der Waals surface area (Å²) < 4.78 is 0. The third-order valence-corrected chi connectivity index (χ3v) is 5.41. The molecule has 3 aromatic rings. The van der Waals surface area contributed by atoms with E-state index in [1.165, 1.54) is 11.3 Å². The highest BCUT2D eigenvalue weighted by atomic mass is 32.1. The number of aryl methyl sites for hydroxylation is 1. The van der Waals surface area contributed by atoms with Crippen molar-refractivity contribution < 1.29 is 9.90 Å². The fraction of sp³-hybridized carbons (Fsp3) is 0.300. The van der Waals surface area contributed by atoms with Gasteiger partial charge >= 0.3 is 0 Å². The summed E-state index contributed by atoms with van der Waals surface area (Å²) >= 11 is 1.42. The molecule has 0 unspecified atom stereocenters. The lowest BCUT2D eigenvalue weighted by Gasteiger charge is -2.25. The van der Waals surface area contributed by atoms with Crippen molar-refractivity contribution in [3.8, 4) is 10.6 Å². The van der Waals surface area contributed by atoms with Gasteiger partial charge in [-0.3, -0.25) is 4.79 Å². The first-order chi connectivity index (χ1) is 12.0. The second-order valence-electron chi connectivity index (χ2n) is 6.28. The molecular formula is C20H22N2O2S. The van der Waals surface area contributed by atoms with Gasteiger partial charge in [0.1, 0.15) is 9.88 Å². The van der Waals surface area contributed by atoms with E-state index in [-0.39, 0.29) is 18.6 Å². The molecule has 1 amide bonds. The first kappa shape index (κ1) is 17.6. The standard InChI is InChI=1S/C20H22N2O2S/c1-13(2)22(11-12-23)20(24)18-14(3)21-19(25-18)17-10-6-8-15-7-4-5-9-16(15)17/h4-10,13,23H,11-12H2,1-3H3. The lowest BCUT2D eigenvalue weighted by atomic mass is 10.1. The Hall–Kier alpha value is -2.24. The second kappa shape index (κ2) is 7.33. The van der Waals surface area contributed by atoms with Crippen molar-refractivity contribution >= 4 is 28.0 Å². The van der Waals surface area contributed by atoms with Gasteiger partial charge in [0.2, 0.25) is 0 Å². The third-order valence-electron chi connectivity index (χ3n) is 4.24. The summed E-state index contributed by atoms with van der Waals surface area (Å²) in [7, 11) is 0. The Morgan fingerprint density at radius 2 is 1.92 bits per heavy atom. The van der Waals surface area contributed by atoms with Crippen LogP contribution in [0.15, 0.2) is 42.5 Å². The smallest absolute Gasteiger partial charge is 0.266 e. The van der Waals surface area contributed by atoms with Crippen LogP contribution in [0.3, 0.4) is 0 Å². The molecule has 5 heteroatoms. The van der Waals surface area contributed by atoms with Crippen LogP contribution in [-0.4, -0.2) is 40.1 Å². The molecule has 1 N–H and O–H groups in total. The molecule has 0 bridgehead atoms.